The van der Waals surface area contributed by atoms with Crippen molar-refractivity contribution in [3.05, 3.63) is 44.9 Å². The SMILES string of the molecule is NC1CCCc2c1ccn2Cc1ccc(Cl)s1. The maximum absolute atomic E-state index is 6.13. The van der Waals surface area contributed by atoms with Crippen molar-refractivity contribution in [1.29, 1.82) is 0 Å². The molecule has 2 aromatic heterocycles. The molecule has 1 aliphatic carbocycles. The molecule has 2 nitrogen and oxygen atoms in total. The van der Waals surface area contributed by atoms with Crippen LogP contribution in [0.1, 0.15) is 35.0 Å². The molecule has 0 aliphatic heterocycles. The van der Waals surface area contributed by atoms with Gasteiger partial charge >= 0.3 is 0 Å². The lowest BCUT2D eigenvalue weighted by atomic mass is 9.94. The van der Waals surface area contributed by atoms with Crippen molar-refractivity contribution in [3.8, 4) is 0 Å². The molecule has 0 saturated heterocycles. The molecule has 0 saturated carbocycles. The van der Waals surface area contributed by atoms with E-state index in [2.05, 4.69) is 22.9 Å². The second kappa shape index (κ2) is 4.48. The van der Waals surface area contributed by atoms with Crippen LogP contribution in [0.15, 0.2) is 24.4 Å². The van der Waals surface area contributed by atoms with Gasteiger partial charge in [-0.15, -0.1) is 11.3 Å². The summed E-state index contributed by atoms with van der Waals surface area (Å²) in [7, 11) is 0. The molecule has 2 N–H and O–H groups in total. The first kappa shape index (κ1) is 11.3. The topological polar surface area (TPSA) is 30.9 Å². The third-order valence-electron chi connectivity index (χ3n) is 3.40. The van der Waals surface area contributed by atoms with E-state index in [0.717, 1.165) is 23.7 Å². The Morgan fingerprint density at radius 3 is 3.06 bits per heavy atom. The standard InChI is InChI=1S/C13H15ClN2S/c14-13-5-4-9(17-13)8-16-7-6-10-11(15)2-1-3-12(10)16/h4-7,11H,1-3,8,15H2. The predicted molar refractivity (Wildman–Crippen MR) is 72.7 cm³/mol. The number of hydrogen-bond donors (Lipinski definition) is 1. The van der Waals surface area contributed by atoms with E-state index in [1.807, 2.05) is 6.07 Å². The first-order valence-electron chi connectivity index (χ1n) is 5.92. The van der Waals surface area contributed by atoms with Crippen molar-refractivity contribution in [2.75, 3.05) is 0 Å². The van der Waals surface area contributed by atoms with E-state index < -0.39 is 0 Å². The van der Waals surface area contributed by atoms with Crippen LogP contribution >= 0.6 is 22.9 Å². The predicted octanol–water partition coefficient (Wildman–Crippen LogP) is 3.59. The van der Waals surface area contributed by atoms with E-state index in [4.69, 9.17) is 17.3 Å². The highest BCUT2D eigenvalue weighted by atomic mass is 35.5. The molecule has 1 atom stereocenters. The largest absolute Gasteiger partial charge is 0.346 e. The number of nitrogens with zero attached hydrogens (tertiary/aromatic N) is 1. The van der Waals surface area contributed by atoms with Crippen LogP contribution in [0, 0.1) is 0 Å². The Bertz CT molecular complexity index is 529. The van der Waals surface area contributed by atoms with Crippen molar-refractivity contribution in [1.82, 2.24) is 4.57 Å². The smallest absolute Gasteiger partial charge is 0.0931 e. The second-order valence-corrected chi connectivity index (χ2v) is 6.35. The Kier molecular flexibility index (Phi) is 2.99. The summed E-state index contributed by atoms with van der Waals surface area (Å²) >= 11 is 7.61. The first-order chi connectivity index (χ1) is 8.24. The Balaban J connectivity index is 1.89. The minimum Gasteiger partial charge on any atom is -0.346 e. The molecule has 0 amide bonds. The fourth-order valence-corrected chi connectivity index (χ4v) is 3.63. The highest BCUT2D eigenvalue weighted by Gasteiger charge is 2.20. The molecule has 0 fully saturated rings. The number of hydrogen-bond acceptors (Lipinski definition) is 2. The molecule has 3 rings (SSSR count). The summed E-state index contributed by atoms with van der Waals surface area (Å²) in [6, 6.07) is 6.46. The van der Waals surface area contributed by atoms with Crippen LogP contribution in [-0.4, -0.2) is 4.57 Å². The summed E-state index contributed by atoms with van der Waals surface area (Å²) < 4.78 is 3.17. The summed E-state index contributed by atoms with van der Waals surface area (Å²) in [6.45, 7) is 0.916. The quantitative estimate of drug-likeness (QED) is 0.885. The van der Waals surface area contributed by atoms with Gasteiger partial charge in [0.25, 0.3) is 0 Å². The molecule has 4 heteroatoms. The van der Waals surface area contributed by atoms with Crippen LogP contribution in [0.25, 0.3) is 0 Å². The highest BCUT2D eigenvalue weighted by molar-refractivity contribution is 7.16. The van der Waals surface area contributed by atoms with Crippen LogP contribution < -0.4 is 5.73 Å². The molecule has 0 spiro atoms. The maximum Gasteiger partial charge on any atom is 0.0931 e. The molecule has 90 valence electrons. The van der Waals surface area contributed by atoms with Gasteiger partial charge < -0.3 is 10.3 Å². The van der Waals surface area contributed by atoms with E-state index in [0.29, 0.717) is 0 Å². The Hall–Kier alpha value is -0.770. The molecule has 1 aliphatic rings. The van der Waals surface area contributed by atoms with Crippen molar-refractivity contribution >= 4 is 22.9 Å². The van der Waals surface area contributed by atoms with Crippen molar-refractivity contribution in [2.45, 2.75) is 31.8 Å². The van der Waals surface area contributed by atoms with Crippen LogP contribution in [0.3, 0.4) is 0 Å². The zero-order valence-electron chi connectivity index (χ0n) is 9.53. The zero-order chi connectivity index (χ0) is 11.8. The average molecular weight is 267 g/mol. The van der Waals surface area contributed by atoms with Gasteiger partial charge in [-0.1, -0.05) is 11.6 Å². The summed E-state index contributed by atoms with van der Waals surface area (Å²) in [4.78, 5) is 1.30. The van der Waals surface area contributed by atoms with Crippen LogP contribution in [0.2, 0.25) is 4.34 Å². The van der Waals surface area contributed by atoms with Gasteiger partial charge in [-0.05, 0) is 43.0 Å². The molecular weight excluding hydrogens is 252 g/mol. The van der Waals surface area contributed by atoms with Gasteiger partial charge in [-0.25, -0.2) is 0 Å². The molecule has 0 bridgehead atoms. The first-order valence-corrected chi connectivity index (χ1v) is 7.11. The molecule has 0 radical (unpaired) electrons. The summed E-state index contributed by atoms with van der Waals surface area (Å²) in [5, 5.41) is 0. The molecule has 0 aromatic carbocycles. The van der Waals surface area contributed by atoms with E-state index in [1.54, 1.807) is 11.3 Å². The van der Waals surface area contributed by atoms with E-state index in [9.17, 15) is 0 Å². The van der Waals surface area contributed by atoms with Crippen molar-refractivity contribution in [3.63, 3.8) is 0 Å². The van der Waals surface area contributed by atoms with Gasteiger partial charge in [0.15, 0.2) is 0 Å². The number of halogens is 1. The van der Waals surface area contributed by atoms with Crippen LogP contribution in [0.4, 0.5) is 0 Å². The number of fused-ring (bicyclic) bond motifs is 1. The lowest BCUT2D eigenvalue weighted by Crippen LogP contribution is -2.18. The fraction of sp³-hybridized carbons (Fsp3) is 0.385. The minimum atomic E-state index is 0.229. The average Bonchev–Trinajstić information content (AvgIpc) is 2.88. The van der Waals surface area contributed by atoms with Crippen molar-refractivity contribution < 1.29 is 0 Å². The van der Waals surface area contributed by atoms with E-state index in [1.165, 1.54) is 22.6 Å². The third kappa shape index (κ3) is 2.15. The van der Waals surface area contributed by atoms with E-state index in [-0.39, 0.29) is 6.04 Å². The normalized spacial score (nSPS) is 19.3. The summed E-state index contributed by atoms with van der Waals surface area (Å²) in [5.74, 6) is 0. The summed E-state index contributed by atoms with van der Waals surface area (Å²) in [6.07, 6.45) is 5.61. The Morgan fingerprint density at radius 2 is 2.29 bits per heavy atom. The fourth-order valence-electron chi connectivity index (χ4n) is 2.55. The minimum absolute atomic E-state index is 0.229. The van der Waals surface area contributed by atoms with Gasteiger partial charge in [0.05, 0.1) is 10.9 Å². The van der Waals surface area contributed by atoms with Gasteiger partial charge in [-0.2, -0.15) is 0 Å². The van der Waals surface area contributed by atoms with Gasteiger partial charge in [0.2, 0.25) is 0 Å². The lowest BCUT2D eigenvalue weighted by molar-refractivity contribution is 0.548. The third-order valence-corrected chi connectivity index (χ3v) is 4.61. The highest BCUT2D eigenvalue weighted by Crippen LogP contribution is 2.30. The van der Waals surface area contributed by atoms with Gasteiger partial charge in [0, 0.05) is 22.8 Å². The zero-order valence-corrected chi connectivity index (χ0v) is 11.1. The lowest BCUT2D eigenvalue weighted by Gasteiger charge is -2.20. The number of aromatic nitrogens is 1. The molecular formula is C13H15ClN2S. The number of rotatable bonds is 2. The maximum atomic E-state index is 6.13. The Labute approximate surface area is 110 Å². The number of thiophene rings is 1. The van der Waals surface area contributed by atoms with Gasteiger partial charge in [-0.3, -0.25) is 0 Å². The molecule has 1 unspecified atom stereocenters. The number of nitrogens with two attached hydrogens (primary N) is 1. The molecule has 2 heterocycles. The summed E-state index contributed by atoms with van der Waals surface area (Å²) in [5.41, 5.74) is 8.87. The van der Waals surface area contributed by atoms with Gasteiger partial charge in [0.1, 0.15) is 0 Å². The van der Waals surface area contributed by atoms with E-state index >= 15 is 0 Å². The second-order valence-electron chi connectivity index (χ2n) is 4.55. The molecule has 2 aromatic rings. The van der Waals surface area contributed by atoms with Crippen LogP contribution in [-0.2, 0) is 13.0 Å². The van der Waals surface area contributed by atoms with Crippen LogP contribution in [0.5, 0.6) is 0 Å². The van der Waals surface area contributed by atoms with Crippen molar-refractivity contribution in [2.24, 2.45) is 5.73 Å². The Morgan fingerprint density at radius 1 is 1.41 bits per heavy atom. The molecule has 17 heavy (non-hydrogen) atoms. The monoisotopic (exact) mass is 266 g/mol.